The van der Waals surface area contributed by atoms with Crippen molar-refractivity contribution >= 4 is 21.8 Å². The van der Waals surface area contributed by atoms with Crippen LogP contribution in [0.1, 0.15) is 18.9 Å². The zero-order chi connectivity index (χ0) is 12.9. The molecular formula is C9H17N3O3S2. The van der Waals surface area contributed by atoms with Gasteiger partial charge in [0, 0.05) is 17.4 Å². The Morgan fingerprint density at radius 1 is 1.65 bits per heavy atom. The number of aromatic amines is 1. The van der Waals surface area contributed by atoms with Crippen LogP contribution < -0.4 is 4.72 Å². The Bertz CT molecular complexity index is 444. The van der Waals surface area contributed by atoms with Crippen molar-refractivity contribution in [1.82, 2.24) is 14.9 Å². The summed E-state index contributed by atoms with van der Waals surface area (Å²) >= 11 is 1.58. The molecule has 0 spiro atoms. The minimum Gasteiger partial charge on any atom is -0.392 e. The summed E-state index contributed by atoms with van der Waals surface area (Å²) in [7, 11) is -3.63. The Morgan fingerprint density at radius 3 is 2.88 bits per heavy atom. The Hall–Kier alpha value is -0.570. The minimum absolute atomic E-state index is 0.0560. The number of aromatic nitrogens is 2. The van der Waals surface area contributed by atoms with Crippen LogP contribution in [0, 0.1) is 0 Å². The van der Waals surface area contributed by atoms with Crippen LogP contribution in [-0.4, -0.2) is 41.8 Å². The molecule has 0 aliphatic carbocycles. The standard InChI is InChI=1S/C9H17N3O3S2/c1-3-8(6-16-2)12-17(14,15)9-7(5-13)4-10-11-9/h4,8,12-13H,3,5-6H2,1-2H3,(H,10,11). The first-order chi connectivity index (χ1) is 8.05. The molecule has 1 rings (SSSR count). The highest BCUT2D eigenvalue weighted by molar-refractivity contribution is 7.98. The summed E-state index contributed by atoms with van der Waals surface area (Å²) in [6, 6.07) is -0.121. The van der Waals surface area contributed by atoms with Gasteiger partial charge in [0.05, 0.1) is 12.8 Å². The molecule has 1 atom stereocenters. The number of nitrogens with zero attached hydrogens (tertiary/aromatic N) is 1. The van der Waals surface area contributed by atoms with Crippen molar-refractivity contribution in [3.63, 3.8) is 0 Å². The molecule has 0 fully saturated rings. The maximum atomic E-state index is 12.0. The first kappa shape index (κ1) is 14.5. The molecule has 17 heavy (non-hydrogen) atoms. The molecule has 1 unspecified atom stereocenters. The second-order valence-electron chi connectivity index (χ2n) is 3.56. The summed E-state index contributed by atoms with van der Waals surface area (Å²) in [4.78, 5) is 0. The van der Waals surface area contributed by atoms with Gasteiger partial charge >= 0.3 is 0 Å². The molecule has 0 radical (unpaired) electrons. The molecule has 0 amide bonds. The number of nitrogens with one attached hydrogen (secondary N) is 2. The first-order valence-corrected chi connectivity index (χ1v) is 8.07. The van der Waals surface area contributed by atoms with Crippen LogP contribution in [0.4, 0.5) is 0 Å². The van der Waals surface area contributed by atoms with E-state index in [1.54, 1.807) is 11.8 Å². The maximum Gasteiger partial charge on any atom is 0.258 e. The van der Waals surface area contributed by atoms with E-state index in [9.17, 15) is 8.42 Å². The number of hydrogen-bond acceptors (Lipinski definition) is 5. The van der Waals surface area contributed by atoms with Gasteiger partial charge in [-0.15, -0.1) is 0 Å². The number of aliphatic hydroxyl groups is 1. The van der Waals surface area contributed by atoms with E-state index < -0.39 is 10.0 Å². The highest BCUT2D eigenvalue weighted by atomic mass is 32.2. The highest BCUT2D eigenvalue weighted by Crippen LogP contribution is 2.13. The summed E-state index contributed by atoms with van der Waals surface area (Å²) in [6.07, 6.45) is 3.94. The normalized spacial score (nSPS) is 13.8. The van der Waals surface area contributed by atoms with Gasteiger partial charge in [-0.25, -0.2) is 13.1 Å². The molecule has 0 aliphatic rings. The first-order valence-electron chi connectivity index (χ1n) is 5.19. The number of thioether (sulfide) groups is 1. The zero-order valence-electron chi connectivity index (χ0n) is 9.80. The van der Waals surface area contributed by atoms with Gasteiger partial charge in [0.1, 0.15) is 0 Å². The molecule has 0 bridgehead atoms. The van der Waals surface area contributed by atoms with Crippen LogP contribution in [0.3, 0.4) is 0 Å². The third-order valence-corrected chi connectivity index (χ3v) is 4.57. The number of aliphatic hydroxyl groups excluding tert-OH is 1. The summed E-state index contributed by atoms with van der Waals surface area (Å²) in [5.74, 6) is 0.707. The predicted octanol–water partition coefficient (Wildman–Crippen LogP) is 0.322. The van der Waals surface area contributed by atoms with Crippen molar-refractivity contribution in [2.45, 2.75) is 31.0 Å². The fourth-order valence-corrected chi connectivity index (χ4v) is 3.63. The molecule has 6 nitrogen and oxygen atoms in total. The average Bonchev–Trinajstić information content (AvgIpc) is 2.77. The Labute approximate surface area is 105 Å². The SMILES string of the molecule is CCC(CSC)NS(=O)(=O)c1[nH]ncc1CO. The minimum atomic E-state index is -3.63. The Balaban J connectivity index is 2.88. The van der Waals surface area contributed by atoms with Crippen LogP contribution >= 0.6 is 11.8 Å². The van der Waals surface area contributed by atoms with Gasteiger partial charge in [-0.1, -0.05) is 6.92 Å². The number of hydrogen-bond donors (Lipinski definition) is 3. The van der Waals surface area contributed by atoms with Crippen molar-refractivity contribution in [2.75, 3.05) is 12.0 Å². The molecule has 1 aromatic heterocycles. The number of sulfonamides is 1. The zero-order valence-corrected chi connectivity index (χ0v) is 11.4. The van der Waals surface area contributed by atoms with Crippen molar-refractivity contribution in [2.24, 2.45) is 0 Å². The highest BCUT2D eigenvalue weighted by Gasteiger charge is 2.23. The predicted molar refractivity (Wildman–Crippen MR) is 67.3 cm³/mol. The molecular weight excluding hydrogens is 262 g/mol. The summed E-state index contributed by atoms with van der Waals surface area (Å²) < 4.78 is 26.6. The van der Waals surface area contributed by atoms with E-state index in [-0.39, 0.29) is 23.2 Å². The van der Waals surface area contributed by atoms with Gasteiger partial charge in [-0.2, -0.15) is 16.9 Å². The summed E-state index contributed by atoms with van der Waals surface area (Å²) in [6.45, 7) is 1.56. The Kier molecular flexibility index (Phi) is 5.44. The lowest BCUT2D eigenvalue weighted by molar-refractivity contribution is 0.278. The lowest BCUT2D eigenvalue weighted by atomic mass is 10.3. The van der Waals surface area contributed by atoms with Crippen molar-refractivity contribution < 1.29 is 13.5 Å². The number of rotatable bonds is 7. The van der Waals surface area contributed by atoms with Crippen LogP contribution in [0.15, 0.2) is 11.2 Å². The molecule has 3 N–H and O–H groups in total. The monoisotopic (exact) mass is 279 g/mol. The van der Waals surface area contributed by atoms with E-state index in [1.165, 1.54) is 6.20 Å². The van der Waals surface area contributed by atoms with Crippen LogP contribution in [0.25, 0.3) is 0 Å². The van der Waals surface area contributed by atoms with Crippen LogP contribution in [0.5, 0.6) is 0 Å². The largest absolute Gasteiger partial charge is 0.392 e. The fraction of sp³-hybridized carbons (Fsp3) is 0.667. The van der Waals surface area contributed by atoms with E-state index >= 15 is 0 Å². The third-order valence-electron chi connectivity index (χ3n) is 2.30. The second-order valence-corrected chi connectivity index (χ2v) is 6.13. The van der Waals surface area contributed by atoms with Crippen molar-refractivity contribution in [3.8, 4) is 0 Å². The quantitative estimate of drug-likeness (QED) is 0.668. The van der Waals surface area contributed by atoms with Gasteiger partial charge in [0.25, 0.3) is 10.0 Å². The summed E-state index contributed by atoms with van der Waals surface area (Å²) in [5, 5.41) is 15.0. The van der Waals surface area contributed by atoms with Gasteiger partial charge in [0.15, 0.2) is 5.03 Å². The van der Waals surface area contributed by atoms with Crippen LogP contribution in [-0.2, 0) is 16.6 Å². The molecule has 1 heterocycles. The molecule has 1 aromatic rings. The average molecular weight is 279 g/mol. The third kappa shape index (κ3) is 3.70. The number of H-pyrrole nitrogens is 1. The smallest absolute Gasteiger partial charge is 0.258 e. The van der Waals surface area contributed by atoms with E-state index in [0.717, 1.165) is 0 Å². The summed E-state index contributed by atoms with van der Waals surface area (Å²) in [5.41, 5.74) is 0.275. The molecule has 0 aliphatic heterocycles. The van der Waals surface area contributed by atoms with E-state index in [1.807, 2.05) is 13.2 Å². The van der Waals surface area contributed by atoms with E-state index in [0.29, 0.717) is 12.2 Å². The molecule has 0 aromatic carbocycles. The van der Waals surface area contributed by atoms with Gasteiger partial charge < -0.3 is 5.11 Å². The molecule has 8 heteroatoms. The molecule has 0 saturated carbocycles. The van der Waals surface area contributed by atoms with E-state index in [2.05, 4.69) is 14.9 Å². The van der Waals surface area contributed by atoms with Crippen molar-refractivity contribution in [1.29, 1.82) is 0 Å². The van der Waals surface area contributed by atoms with Crippen molar-refractivity contribution in [3.05, 3.63) is 11.8 Å². The molecule has 98 valence electrons. The van der Waals surface area contributed by atoms with Gasteiger partial charge in [0.2, 0.25) is 0 Å². The lowest BCUT2D eigenvalue weighted by Crippen LogP contribution is -2.36. The second kappa shape index (κ2) is 6.39. The molecule has 0 saturated heterocycles. The Morgan fingerprint density at radius 2 is 2.35 bits per heavy atom. The fourth-order valence-electron chi connectivity index (χ4n) is 1.36. The van der Waals surface area contributed by atoms with Gasteiger partial charge in [-0.3, -0.25) is 5.10 Å². The van der Waals surface area contributed by atoms with Gasteiger partial charge in [-0.05, 0) is 12.7 Å². The van der Waals surface area contributed by atoms with E-state index in [4.69, 9.17) is 5.11 Å². The maximum absolute atomic E-state index is 12.0. The van der Waals surface area contributed by atoms with Crippen LogP contribution in [0.2, 0.25) is 0 Å². The lowest BCUT2D eigenvalue weighted by Gasteiger charge is -2.15. The topological polar surface area (TPSA) is 95.1 Å².